The van der Waals surface area contributed by atoms with E-state index in [9.17, 15) is 4.79 Å². The van der Waals surface area contributed by atoms with Crippen molar-refractivity contribution < 1.29 is 9.90 Å². The van der Waals surface area contributed by atoms with E-state index in [0.717, 1.165) is 16.5 Å². The summed E-state index contributed by atoms with van der Waals surface area (Å²) in [6.45, 7) is 4.10. The third kappa shape index (κ3) is 3.97. The Hall–Kier alpha value is -0.830. The maximum Gasteiger partial charge on any atom is 0.306 e. The standard InChI is InChI=1S/C13H17BrO2/c1-9(2)7-11(13(15)16)8-10-5-3-4-6-12(10)14/h3-6,9,11H,7-8H2,1-2H3,(H,15,16). The molecule has 16 heavy (non-hydrogen) atoms. The van der Waals surface area contributed by atoms with Crippen LogP contribution in [-0.2, 0) is 11.2 Å². The second-order valence-electron chi connectivity index (χ2n) is 4.46. The highest BCUT2D eigenvalue weighted by Crippen LogP contribution is 2.23. The number of carboxylic acids is 1. The number of carboxylic acid groups (broad SMARTS) is 1. The van der Waals surface area contributed by atoms with Crippen molar-refractivity contribution in [3.05, 3.63) is 34.3 Å². The molecule has 0 aliphatic carbocycles. The van der Waals surface area contributed by atoms with Gasteiger partial charge < -0.3 is 5.11 Å². The van der Waals surface area contributed by atoms with Gasteiger partial charge in [-0.15, -0.1) is 0 Å². The fourth-order valence-electron chi connectivity index (χ4n) is 1.77. The maximum absolute atomic E-state index is 11.1. The lowest BCUT2D eigenvalue weighted by Crippen LogP contribution is -2.18. The first kappa shape index (κ1) is 13.2. The molecule has 88 valence electrons. The number of benzene rings is 1. The van der Waals surface area contributed by atoms with E-state index in [-0.39, 0.29) is 5.92 Å². The summed E-state index contributed by atoms with van der Waals surface area (Å²) in [6.07, 6.45) is 1.31. The fourth-order valence-corrected chi connectivity index (χ4v) is 2.22. The van der Waals surface area contributed by atoms with Crippen molar-refractivity contribution in [2.75, 3.05) is 0 Å². The van der Waals surface area contributed by atoms with Crippen molar-refractivity contribution in [3.63, 3.8) is 0 Å². The highest BCUT2D eigenvalue weighted by Gasteiger charge is 2.20. The van der Waals surface area contributed by atoms with Crippen molar-refractivity contribution in [2.24, 2.45) is 11.8 Å². The Kier molecular flexibility index (Phi) is 5.00. The van der Waals surface area contributed by atoms with Crippen LogP contribution in [0.5, 0.6) is 0 Å². The van der Waals surface area contributed by atoms with Gasteiger partial charge in [-0.2, -0.15) is 0 Å². The Morgan fingerprint density at radius 2 is 2.00 bits per heavy atom. The molecule has 0 fully saturated rings. The predicted molar refractivity (Wildman–Crippen MR) is 68.4 cm³/mol. The Balaban J connectivity index is 2.76. The van der Waals surface area contributed by atoms with E-state index in [0.29, 0.717) is 12.3 Å². The third-order valence-corrected chi connectivity index (χ3v) is 3.30. The molecule has 3 heteroatoms. The van der Waals surface area contributed by atoms with Crippen LogP contribution in [0.3, 0.4) is 0 Å². The zero-order chi connectivity index (χ0) is 12.1. The summed E-state index contributed by atoms with van der Waals surface area (Å²) in [5.41, 5.74) is 1.07. The van der Waals surface area contributed by atoms with E-state index in [1.165, 1.54) is 0 Å². The molecule has 0 aromatic heterocycles. The van der Waals surface area contributed by atoms with Crippen molar-refractivity contribution in [1.82, 2.24) is 0 Å². The number of aliphatic carboxylic acids is 1. The van der Waals surface area contributed by atoms with Crippen LogP contribution in [0.25, 0.3) is 0 Å². The molecule has 0 saturated carbocycles. The van der Waals surface area contributed by atoms with Crippen LogP contribution < -0.4 is 0 Å². The van der Waals surface area contributed by atoms with Crippen molar-refractivity contribution >= 4 is 21.9 Å². The van der Waals surface area contributed by atoms with Gasteiger partial charge in [0.1, 0.15) is 0 Å². The molecule has 1 aromatic carbocycles. The fraction of sp³-hybridized carbons (Fsp3) is 0.462. The lowest BCUT2D eigenvalue weighted by atomic mass is 9.91. The Bertz CT molecular complexity index is 361. The number of hydrogen-bond acceptors (Lipinski definition) is 1. The molecular formula is C13H17BrO2. The normalized spacial score (nSPS) is 12.8. The molecule has 0 aliphatic heterocycles. The number of halogens is 1. The highest BCUT2D eigenvalue weighted by molar-refractivity contribution is 9.10. The molecule has 1 rings (SSSR count). The summed E-state index contributed by atoms with van der Waals surface area (Å²) in [5.74, 6) is -0.591. The van der Waals surface area contributed by atoms with E-state index < -0.39 is 5.97 Å². The second kappa shape index (κ2) is 6.04. The zero-order valence-corrected chi connectivity index (χ0v) is 11.2. The minimum atomic E-state index is -0.704. The Morgan fingerprint density at radius 1 is 1.38 bits per heavy atom. The van der Waals surface area contributed by atoms with Crippen LogP contribution in [0.1, 0.15) is 25.8 Å². The van der Waals surface area contributed by atoms with Crippen LogP contribution >= 0.6 is 15.9 Å². The molecule has 2 nitrogen and oxygen atoms in total. The zero-order valence-electron chi connectivity index (χ0n) is 9.61. The molecule has 0 radical (unpaired) electrons. The molecule has 1 aromatic rings. The van der Waals surface area contributed by atoms with Gasteiger partial charge in [-0.1, -0.05) is 48.0 Å². The number of hydrogen-bond donors (Lipinski definition) is 1. The monoisotopic (exact) mass is 284 g/mol. The first-order valence-corrected chi connectivity index (χ1v) is 6.26. The first-order valence-electron chi connectivity index (χ1n) is 5.47. The van der Waals surface area contributed by atoms with Gasteiger partial charge in [-0.05, 0) is 30.4 Å². The molecule has 0 bridgehead atoms. The average Bonchev–Trinajstić information content (AvgIpc) is 2.19. The lowest BCUT2D eigenvalue weighted by molar-refractivity contribution is -0.142. The van der Waals surface area contributed by atoms with E-state index in [1.807, 2.05) is 24.3 Å². The van der Waals surface area contributed by atoms with E-state index in [2.05, 4.69) is 29.8 Å². The molecule has 0 amide bonds. The van der Waals surface area contributed by atoms with Gasteiger partial charge in [0.15, 0.2) is 0 Å². The highest BCUT2D eigenvalue weighted by atomic mass is 79.9. The maximum atomic E-state index is 11.1. The molecule has 0 saturated heterocycles. The smallest absolute Gasteiger partial charge is 0.306 e. The molecular weight excluding hydrogens is 268 g/mol. The topological polar surface area (TPSA) is 37.3 Å². The van der Waals surface area contributed by atoms with Gasteiger partial charge in [0, 0.05) is 4.47 Å². The van der Waals surface area contributed by atoms with Crippen molar-refractivity contribution in [2.45, 2.75) is 26.7 Å². The predicted octanol–water partition coefficient (Wildman–Crippen LogP) is 3.74. The quantitative estimate of drug-likeness (QED) is 0.894. The molecule has 0 spiro atoms. The Morgan fingerprint density at radius 3 is 2.50 bits per heavy atom. The molecule has 0 heterocycles. The molecule has 0 aliphatic rings. The van der Waals surface area contributed by atoms with Crippen LogP contribution in [0.2, 0.25) is 0 Å². The van der Waals surface area contributed by atoms with Gasteiger partial charge in [-0.25, -0.2) is 0 Å². The van der Waals surface area contributed by atoms with Gasteiger partial charge >= 0.3 is 5.97 Å². The summed E-state index contributed by atoms with van der Waals surface area (Å²) in [6, 6.07) is 7.80. The van der Waals surface area contributed by atoms with Crippen LogP contribution in [0, 0.1) is 11.8 Å². The average molecular weight is 285 g/mol. The van der Waals surface area contributed by atoms with Gasteiger partial charge in [0.25, 0.3) is 0 Å². The minimum absolute atomic E-state index is 0.293. The second-order valence-corrected chi connectivity index (χ2v) is 5.31. The number of rotatable bonds is 5. The summed E-state index contributed by atoms with van der Waals surface area (Å²) >= 11 is 3.45. The summed E-state index contributed by atoms with van der Waals surface area (Å²) in [7, 11) is 0. The molecule has 1 atom stereocenters. The van der Waals surface area contributed by atoms with E-state index >= 15 is 0 Å². The van der Waals surface area contributed by atoms with E-state index in [1.54, 1.807) is 0 Å². The van der Waals surface area contributed by atoms with Crippen LogP contribution in [-0.4, -0.2) is 11.1 Å². The van der Waals surface area contributed by atoms with Crippen LogP contribution in [0.15, 0.2) is 28.7 Å². The van der Waals surface area contributed by atoms with Gasteiger partial charge in [0.2, 0.25) is 0 Å². The molecule has 1 unspecified atom stereocenters. The SMILES string of the molecule is CC(C)CC(Cc1ccccc1Br)C(=O)O. The summed E-state index contributed by atoms with van der Waals surface area (Å²) in [4.78, 5) is 11.1. The Labute approximate surface area is 105 Å². The molecule has 1 N–H and O–H groups in total. The lowest BCUT2D eigenvalue weighted by Gasteiger charge is -2.15. The third-order valence-electron chi connectivity index (χ3n) is 2.53. The number of carbonyl (C=O) groups is 1. The first-order chi connectivity index (χ1) is 7.50. The van der Waals surface area contributed by atoms with Crippen molar-refractivity contribution in [1.29, 1.82) is 0 Å². The minimum Gasteiger partial charge on any atom is -0.481 e. The van der Waals surface area contributed by atoms with Crippen LogP contribution in [0.4, 0.5) is 0 Å². The summed E-state index contributed by atoms with van der Waals surface area (Å²) in [5, 5.41) is 9.16. The van der Waals surface area contributed by atoms with Gasteiger partial charge in [-0.3, -0.25) is 4.79 Å². The summed E-state index contributed by atoms with van der Waals surface area (Å²) < 4.78 is 0.991. The van der Waals surface area contributed by atoms with Crippen molar-refractivity contribution in [3.8, 4) is 0 Å². The van der Waals surface area contributed by atoms with E-state index in [4.69, 9.17) is 5.11 Å². The van der Waals surface area contributed by atoms with Gasteiger partial charge in [0.05, 0.1) is 5.92 Å². The largest absolute Gasteiger partial charge is 0.481 e.